The monoisotopic (exact) mass is 258 g/mol. The molecule has 0 fully saturated rings. The van der Waals surface area contributed by atoms with Gasteiger partial charge in [-0.1, -0.05) is 42.5 Å². The Morgan fingerprint density at radius 3 is 2.74 bits per heavy atom. The van der Waals surface area contributed by atoms with Crippen LogP contribution < -0.4 is 5.73 Å². The summed E-state index contributed by atoms with van der Waals surface area (Å²) < 4.78 is 0. The van der Waals surface area contributed by atoms with Crippen molar-refractivity contribution in [1.29, 1.82) is 0 Å². The number of hydrogen-bond acceptors (Lipinski definition) is 2. The molecule has 1 unspecified atom stereocenters. The van der Waals surface area contributed by atoms with E-state index in [4.69, 9.17) is 5.73 Å². The van der Waals surface area contributed by atoms with Gasteiger partial charge in [-0.2, -0.15) is 0 Å². The quantitative estimate of drug-likeness (QED) is 0.796. The Morgan fingerprint density at radius 2 is 2.11 bits per heavy atom. The summed E-state index contributed by atoms with van der Waals surface area (Å²) >= 11 is 0. The average Bonchev–Trinajstić information content (AvgIpc) is 2.92. The number of nitrogens with two attached hydrogens (primary N) is 1. The lowest BCUT2D eigenvalue weighted by Crippen LogP contribution is -2.35. The molecule has 1 amide bonds. The van der Waals surface area contributed by atoms with Crippen LogP contribution in [0.5, 0.6) is 0 Å². The van der Waals surface area contributed by atoms with E-state index in [-0.39, 0.29) is 5.91 Å². The van der Waals surface area contributed by atoms with Gasteiger partial charge < -0.3 is 10.6 Å². The zero-order valence-electron chi connectivity index (χ0n) is 11.3. The van der Waals surface area contributed by atoms with Crippen LogP contribution in [0.25, 0.3) is 0 Å². The predicted molar refractivity (Wildman–Crippen MR) is 77.4 cm³/mol. The number of nitrogens with zero attached hydrogens (tertiary/aromatic N) is 1. The second-order valence-corrected chi connectivity index (χ2v) is 5.06. The van der Waals surface area contributed by atoms with Crippen LogP contribution in [0.4, 0.5) is 0 Å². The number of carbonyl (C=O) groups is 1. The van der Waals surface area contributed by atoms with Crippen LogP contribution in [0.2, 0.25) is 0 Å². The Morgan fingerprint density at radius 1 is 1.32 bits per heavy atom. The highest BCUT2D eigenvalue weighted by molar-refractivity contribution is 5.76. The molecule has 0 bridgehead atoms. The molecule has 19 heavy (non-hydrogen) atoms. The first-order chi connectivity index (χ1) is 9.29. The van der Waals surface area contributed by atoms with E-state index >= 15 is 0 Å². The molecule has 0 heterocycles. The summed E-state index contributed by atoms with van der Waals surface area (Å²) in [5.74, 6) is 0.634. The number of hydrogen-bond donors (Lipinski definition) is 1. The molecule has 0 aromatic heterocycles. The van der Waals surface area contributed by atoms with Gasteiger partial charge in [-0.3, -0.25) is 4.79 Å². The first-order valence-corrected chi connectivity index (χ1v) is 6.98. The fraction of sp³-hybridized carbons (Fsp3) is 0.438. The van der Waals surface area contributed by atoms with E-state index in [1.165, 1.54) is 0 Å². The maximum atomic E-state index is 12.3. The minimum atomic E-state index is 0.214. The zero-order chi connectivity index (χ0) is 13.5. The van der Waals surface area contributed by atoms with E-state index in [0.29, 0.717) is 32.0 Å². The molecule has 3 nitrogen and oxygen atoms in total. The Bertz CT molecular complexity index is 428. The van der Waals surface area contributed by atoms with Crippen LogP contribution in [-0.2, 0) is 11.3 Å². The number of allylic oxidation sites excluding steroid dienone is 2. The van der Waals surface area contributed by atoms with E-state index in [2.05, 4.69) is 12.2 Å². The minimum Gasteiger partial charge on any atom is -0.337 e. The SMILES string of the molecule is NCCN(Cc1ccccc1)C(=O)CC1C=CCC1. The second kappa shape index (κ2) is 7.10. The van der Waals surface area contributed by atoms with Gasteiger partial charge in [0.05, 0.1) is 0 Å². The van der Waals surface area contributed by atoms with Crippen LogP contribution in [0.15, 0.2) is 42.5 Å². The van der Waals surface area contributed by atoms with Crippen molar-refractivity contribution in [1.82, 2.24) is 4.90 Å². The van der Waals surface area contributed by atoms with Gasteiger partial charge >= 0.3 is 0 Å². The normalized spacial score (nSPS) is 17.6. The standard InChI is InChI=1S/C16H22N2O/c17-10-11-18(13-15-8-2-1-3-9-15)16(19)12-14-6-4-5-7-14/h1-4,6,8-9,14H,5,7,10-13,17H2. The van der Waals surface area contributed by atoms with Gasteiger partial charge in [0.1, 0.15) is 0 Å². The third-order valence-electron chi connectivity index (χ3n) is 3.52. The minimum absolute atomic E-state index is 0.214. The lowest BCUT2D eigenvalue weighted by atomic mass is 10.0. The maximum absolute atomic E-state index is 12.3. The maximum Gasteiger partial charge on any atom is 0.223 e. The van der Waals surface area contributed by atoms with Crippen molar-refractivity contribution < 1.29 is 4.79 Å². The molecular formula is C16H22N2O. The third kappa shape index (κ3) is 4.21. The molecule has 1 aliphatic carbocycles. The molecule has 0 aliphatic heterocycles. The lowest BCUT2D eigenvalue weighted by molar-refractivity contribution is -0.132. The molecule has 0 saturated carbocycles. The van der Waals surface area contributed by atoms with Gasteiger partial charge in [0, 0.05) is 26.1 Å². The van der Waals surface area contributed by atoms with Crippen molar-refractivity contribution in [2.45, 2.75) is 25.8 Å². The third-order valence-corrected chi connectivity index (χ3v) is 3.52. The van der Waals surface area contributed by atoms with Crippen LogP contribution in [0.1, 0.15) is 24.8 Å². The molecule has 3 heteroatoms. The fourth-order valence-corrected chi connectivity index (χ4v) is 2.47. The van der Waals surface area contributed by atoms with Crippen molar-refractivity contribution in [3.05, 3.63) is 48.0 Å². The topological polar surface area (TPSA) is 46.3 Å². The van der Waals surface area contributed by atoms with E-state index in [1.807, 2.05) is 35.2 Å². The predicted octanol–water partition coefficient (Wildman–Crippen LogP) is 2.33. The van der Waals surface area contributed by atoms with Gasteiger partial charge in [-0.25, -0.2) is 0 Å². The van der Waals surface area contributed by atoms with Crippen LogP contribution in [0, 0.1) is 5.92 Å². The highest BCUT2D eigenvalue weighted by atomic mass is 16.2. The van der Waals surface area contributed by atoms with Gasteiger partial charge in [-0.15, -0.1) is 0 Å². The first-order valence-electron chi connectivity index (χ1n) is 6.98. The average molecular weight is 258 g/mol. The summed E-state index contributed by atoms with van der Waals surface area (Å²) in [6, 6.07) is 10.1. The lowest BCUT2D eigenvalue weighted by Gasteiger charge is -2.23. The summed E-state index contributed by atoms with van der Waals surface area (Å²) in [7, 11) is 0. The number of benzene rings is 1. The summed E-state index contributed by atoms with van der Waals surface area (Å²) in [5, 5.41) is 0. The number of carbonyl (C=O) groups excluding carboxylic acids is 1. The molecule has 1 aromatic rings. The first kappa shape index (κ1) is 13.8. The highest BCUT2D eigenvalue weighted by Gasteiger charge is 2.19. The van der Waals surface area contributed by atoms with Gasteiger partial charge in [0.2, 0.25) is 5.91 Å². The van der Waals surface area contributed by atoms with E-state index in [1.54, 1.807) is 0 Å². The molecule has 2 rings (SSSR count). The van der Waals surface area contributed by atoms with Gasteiger partial charge in [0.15, 0.2) is 0 Å². The van der Waals surface area contributed by atoms with Crippen molar-refractivity contribution in [2.75, 3.05) is 13.1 Å². The van der Waals surface area contributed by atoms with Crippen molar-refractivity contribution in [3.63, 3.8) is 0 Å². The van der Waals surface area contributed by atoms with Crippen molar-refractivity contribution in [2.24, 2.45) is 11.7 Å². The second-order valence-electron chi connectivity index (χ2n) is 5.06. The summed E-state index contributed by atoms with van der Waals surface area (Å²) in [6.07, 6.45) is 7.16. The van der Waals surface area contributed by atoms with E-state index in [9.17, 15) is 4.79 Å². The van der Waals surface area contributed by atoms with Crippen LogP contribution >= 0.6 is 0 Å². The zero-order valence-corrected chi connectivity index (χ0v) is 11.3. The Kier molecular flexibility index (Phi) is 5.16. The highest BCUT2D eigenvalue weighted by Crippen LogP contribution is 2.21. The Labute approximate surface area is 115 Å². The van der Waals surface area contributed by atoms with Crippen LogP contribution in [-0.4, -0.2) is 23.9 Å². The smallest absolute Gasteiger partial charge is 0.223 e. The molecule has 0 saturated heterocycles. The largest absolute Gasteiger partial charge is 0.337 e. The molecule has 1 aliphatic rings. The summed E-state index contributed by atoms with van der Waals surface area (Å²) in [5.41, 5.74) is 6.78. The van der Waals surface area contributed by atoms with Gasteiger partial charge in [-0.05, 0) is 24.3 Å². The Hall–Kier alpha value is -1.61. The molecular weight excluding hydrogens is 236 g/mol. The molecule has 0 radical (unpaired) electrons. The number of amides is 1. The molecule has 1 atom stereocenters. The fourth-order valence-electron chi connectivity index (χ4n) is 2.47. The summed E-state index contributed by atoms with van der Waals surface area (Å²) in [6.45, 7) is 1.80. The van der Waals surface area contributed by atoms with Crippen molar-refractivity contribution >= 4 is 5.91 Å². The molecule has 0 spiro atoms. The Balaban J connectivity index is 1.94. The molecule has 2 N–H and O–H groups in total. The number of rotatable bonds is 6. The molecule has 1 aromatic carbocycles. The van der Waals surface area contributed by atoms with Crippen LogP contribution in [0.3, 0.4) is 0 Å². The van der Waals surface area contributed by atoms with Crippen molar-refractivity contribution in [3.8, 4) is 0 Å². The van der Waals surface area contributed by atoms with E-state index in [0.717, 1.165) is 18.4 Å². The van der Waals surface area contributed by atoms with E-state index < -0.39 is 0 Å². The molecule has 102 valence electrons. The summed E-state index contributed by atoms with van der Waals surface area (Å²) in [4.78, 5) is 14.2. The van der Waals surface area contributed by atoms with Gasteiger partial charge in [0.25, 0.3) is 0 Å².